The third-order valence-electron chi connectivity index (χ3n) is 1.76. The van der Waals surface area contributed by atoms with Gasteiger partial charge in [-0.3, -0.25) is 0 Å². The van der Waals surface area contributed by atoms with Crippen LogP contribution in [0.2, 0.25) is 0 Å². The molecule has 0 saturated carbocycles. The summed E-state index contributed by atoms with van der Waals surface area (Å²) in [4.78, 5) is 0. The molecule has 0 aromatic heterocycles. The van der Waals surface area contributed by atoms with E-state index in [0.29, 0.717) is 6.07 Å². The Kier molecular flexibility index (Phi) is 5.33. The van der Waals surface area contributed by atoms with Gasteiger partial charge < -0.3 is 0 Å². The van der Waals surface area contributed by atoms with Gasteiger partial charge in [-0.1, -0.05) is 26.8 Å². The van der Waals surface area contributed by atoms with E-state index in [9.17, 15) is 17.6 Å². The van der Waals surface area contributed by atoms with Crippen LogP contribution in [0.1, 0.15) is 31.9 Å². The zero-order valence-electron chi connectivity index (χ0n) is 8.95. The molecule has 0 unspecified atom stereocenters. The SMILES string of the molecule is CC.CCc1ccc(F)cc1C(F)(F)F. The summed E-state index contributed by atoms with van der Waals surface area (Å²) in [7, 11) is 0. The summed E-state index contributed by atoms with van der Waals surface area (Å²) in [5, 5.41) is 0. The van der Waals surface area contributed by atoms with Gasteiger partial charge in [-0.25, -0.2) is 4.39 Å². The number of hydrogen-bond donors (Lipinski definition) is 0. The van der Waals surface area contributed by atoms with Gasteiger partial charge in [0.25, 0.3) is 0 Å². The fourth-order valence-corrected chi connectivity index (χ4v) is 1.12. The maximum absolute atomic E-state index is 12.5. The van der Waals surface area contributed by atoms with Gasteiger partial charge in [0.05, 0.1) is 5.56 Å². The molecule has 0 spiro atoms. The summed E-state index contributed by atoms with van der Waals surface area (Å²) < 4.78 is 49.3. The van der Waals surface area contributed by atoms with Crippen molar-refractivity contribution in [3.05, 3.63) is 35.1 Å². The lowest BCUT2D eigenvalue weighted by molar-refractivity contribution is -0.138. The highest BCUT2D eigenvalue weighted by atomic mass is 19.4. The van der Waals surface area contributed by atoms with E-state index in [-0.39, 0.29) is 12.0 Å². The van der Waals surface area contributed by atoms with Gasteiger partial charge in [0, 0.05) is 0 Å². The first-order valence-corrected chi connectivity index (χ1v) is 4.80. The lowest BCUT2D eigenvalue weighted by Gasteiger charge is -2.10. The molecule has 0 aliphatic carbocycles. The van der Waals surface area contributed by atoms with Crippen LogP contribution in [0, 0.1) is 5.82 Å². The lowest BCUT2D eigenvalue weighted by atomic mass is 10.0. The van der Waals surface area contributed by atoms with Crippen LogP contribution in [0.15, 0.2) is 18.2 Å². The minimum absolute atomic E-state index is 0.119. The van der Waals surface area contributed by atoms with Gasteiger partial charge in [0.1, 0.15) is 5.82 Å². The standard InChI is InChI=1S/C9H8F4.C2H6/c1-2-6-3-4-7(10)5-8(6)9(11,12)13;1-2/h3-5H,2H2,1H3;1-2H3. The van der Waals surface area contributed by atoms with Crippen LogP contribution in [0.4, 0.5) is 17.6 Å². The topological polar surface area (TPSA) is 0 Å². The van der Waals surface area contributed by atoms with Gasteiger partial charge in [0.2, 0.25) is 0 Å². The lowest BCUT2D eigenvalue weighted by Crippen LogP contribution is -2.09. The summed E-state index contributed by atoms with van der Waals surface area (Å²) in [6.45, 7) is 5.60. The van der Waals surface area contributed by atoms with Crippen LogP contribution in [-0.4, -0.2) is 0 Å². The van der Waals surface area contributed by atoms with Crippen LogP contribution >= 0.6 is 0 Å². The Hall–Kier alpha value is -1.06. The predicted molar refractivity (Wildman–Crippen MR) is 52.1 cm³/mol. The molecule has 1 aromatic rings. The van der Waals surface area contributed by atoms with Crippen LogP contribution in [0.25, 0.3) is 0 Å². The second-order valence-corrected chi connectivity index (χ2v) is 2.65. The van der Waals surface area contributed by atoms with Crippen molar-refractivity contribution in [1.29, 1.82) is 0 Å². The number of hydrogen-bond acceptors (Lipinski definition) is 0. The average molecular weight is 222 g/mol. The van der Waals surface area contributed by atoms with Crippen molar-refractivity contribution in [3.63, 3.8) is 0 Å². The minimum Gasteiger partial charge on any atom is -0.207 e. The number of benzene rings is 1. The van der Waals surface area contributed by atoms with Crippen molar-refractivity contribution in [1.82, 2.24) is 0 Å². The summed E-state index contributed by atoms with van der Waals surface area (Å²) in [5.74, 6) is -0.857. The van der Waals surface area contributed by atoms with Crippen LogP contribution in [-0.2, 0) is 12.6 Å². The molecule has 0 nitrogen and oxygen atoms in total. The van der Waals surface area contributed by atoms with Crippen molar-refractivity contribution in [3.8, 4) is 0 Å². The Bertz CT molecular complexity index is 302. The molecule has 86 valence electrons. The van der Waals surface area contributed by atoms with Crippen LogP contribution < -0.4 is 0 Å². The van der Waals surface area contributed by atoms with E-state index < -0.39 is 17.6 Å². The monoisotopic (exact) mass is 222 g/mol. The Labute approximate surface area is 86.9 Å². The van der Waals surface area contributed by atoms with Crippen molar-refractivity contribution in [2.45, 2.75) is 33.4 Å². The molecule has 1 rings (SSSR count). The minimum atomic E-state index is -4.46. The molecule has 0 N–H and O–H groups in total. The van der Waals surface area contributed by atoms with E-state index in [1.54, 1.807) is 6.92 Å². The maximum atomic E-state index is 12.5. The Morgan fingerprint density at radius 2 is 1.67 bits per heavy atom. The Morgan fingerprint density at radius 3 is 2.07 bits per heavy atom. The molecule has 4 heteroatoms. The predicted octanol–water partition coefficient (Wildman–Crippen LogP) is 4.43. The van der Waals surface area contributed by atoms with Crippen molar-refractivity contribution in [2.75, 3.05) is 0 Å². The van der Waals surface area contributed by atoms with Gasteiger partial charge in [0.15, 0.2) is 0 Å². The highest BCUT2D eigenvalue weighted by Gasteiger charge is 2.33. The third-order valence-corrected chi connectivity index (χ3v) is 1.76. The van der Waals surface area contributed by atoms with Crippen LogP contribution in [0.5, 0.6) is 0 Å². The second-order valence-electron chi connectivity index (χ2n) is 2.65. The van der Waals surface area contributed by atoms with Gasteiger partial charge in [-0.15, -0.1) is 0 Å². The maximum Gasteiger partial charge on any atom is 0.416 e. The molecule has 0 radical (unpaired) electrons. The van der Waals surface area contributed by atoms with Gasteiger partial charge >= 0.3 is 6.18 Å². The number of alkyl halides is 3. The summed E-state index contributed by atoms with van der Waals surface area (Å²) >= 11 is 0. The van der Waals surface area contributed by atoms with E-state index in [1.165, 1.54) is 0 Å². The van der Waals surface area contributed by atoms with E-state index in [4.69, 9.17) is 0 Å². The summed E-state index contributed by atoms with van der Waals surface area (Å²) in [6, 6.07) is 2.73. The highest BCUT2D eigenvalue weighted by Crippen LogP contribution is 2.32. The molecule has 0 aliphatic heterocycles. The highest BCUT2D eigenvalue weighted by molar-refractivity contribution is 5.30. The average Bonchev–Trinajstić information content (AvgIpc) is 2.19. The summed E-state index contributed by atoms with van der Waals surface area (Å²) in [6.07, 6.45) is -4.22. The molecule has 0 fully saturated rings. The normalized spacial score (nSPS) is 10.6. The molecule has 0 bridgehead atoms. The van der Waals surface area contributed by atoms with Crippen molar-refractivity contribution in [2.24, 2.45) is 0 Å². The zero-order valence-corrected chi connectivity index (χ0v) is 8.95. The van der Waals surface area contributed by atoms with Gasteiger partial charge in [-0.2, -0.15) is 13.2 Å². The Balaban J connectivity index is 0.000000921. The van der Waals surface area contributed by atoms with E-state index in [0.717, 1.165) is 12.1 Å². The molecule has 0 atom stereocenters. The van der Waals surface area contributed by atoms with Gasteiger partial charge in [-0.05, 0) is 24.1 Å². The third kappa shape index (κ3) is 3.90. The molecule has 0 amide bonds. The van der Waals surface area contributed by atoms with E-state index in [1.807, 2.05) is 13.8 Å². The molecule has 15 heavy (non-hydrogen) atoms. The fraction of sp³-hybridized carbons (Fsp3) is 0.455. The van der Waals surface area contributed by atoms with Crippen LogP contribution in [0.3, 0.4) is 0 Å². The molecule has 0 heterocycles. The molecular formula is C11H14F4. The largest absolute Gasteiger partial charge is 0.416 e. The zero-order chi connectivity index (χ0) is 12.1. The molecular weight excluding hydrogens is 208 g/mol. The smallest absolute Gasteiger partial charge is 0.207 e. The summed E-state index contributed by atoms with van der Waals surface area (Å²) in [5.41, 5.74) is -0.760. The number of aryl methyl sites for hydroxylation is 1. The van der Waals surface area contributed by atoms with Crippen molar-refractivity contribution < 1.29 is 17.6 Å². The molecule has 0 aliphatic rings. The first-order valence-electron chi connectivity index (χ1n) is 4.80. The first-order chi connectivity index (χ1) is 6.95. The fourth-order valence-electron chi connectivity index (χ4n) is 1.12. The van der Waals surface area contributed by atoms with E-state index >= 15 is 0 Å². The van der Waals surface area contributed by atoms with E-state index in [2.05, 4.69) is 0 Å². The number of rotatable bonds is 1. The Morgan fingerprint density at radius 1 is 1.13 bits per heavy atom. The quantitative estimate of drug-likeness (QED) is 0.616. The molecule has 1 aromatic carbocycles. The first kappa shape index (κ1) is 13.9. The van der Waals surface area contributed by atoms with Crippen molar-refractivity contribution >= 4 is 0 Å². The number of halogens is 4. The second kappa shape index (κ2) is 5.73. The molecule has 0 saturated heterocycles.